The Morgan fingerprint density at radius 2 is 2.17 bits per heavy atom. The first kappa shape index (κ1) is 14.2. The third-order valence-electron chi connectivity index (χ3n) is 2.58. The first-order valence-corrected chi connectivity index (χ1v) is 7.66. The molecule has 1 saturated heterocycles. The topological polar surface area (TPSA) is 26.3 Å². The van der Waals surface area contributed by atoms with Gasteiger partial charge in [-0.25, -0.2) is 9.18 Å². The highest BCUT2D eigenvalue weighted by atomic mass is 79.9. The first-order chi connectivity index (χ1) is 8.56. The molecule has 18 heavy (non-hydrogen) atoms. The summed E-state index contributed by atoms with van der Waals surface area (Å²) >= 11 is 10.4. The Hall–Kier alpha value is -0.260. The summed E-state index contributed by atoms with van der Waals surface area (Å²) in [6, 6.07) is 6.48. The molecule has 0 bridgehead atoms. The van der Waals surface area contributed by atoms with Crippen LogP contribution in [0.15, 0.2) is 24.3 Å². The van der Waals surface area contributed by atoms with Crippen LogP contribution >= 0.6 is 39.3 Å². The lowest BCUT2D eigenvalue weighted by Crippen LogP contribution is -2.15. The maximum absolute atomic E-state index is 13.2. The summed E-state index contributed by atoms with van der Waals surface area (Å²) in [5.74, 6) is -0.402. The van der Waals surface area contributed by atoms with E-state index in [-0.39, 0.29) is 16.0 Å². The molecule has 0 saturated carbocycles. The molecule has 1 aromatic carbocycles. The third-order valence-corrected chi connectivity index (χ3v) is 5.32. The molecule has 0 aromatic heterocycles. The van der Waals surface area contributed by atoms with Crippen molar-refractivity contribution < 1.29 is 13.9 Å². The number of alkyl halides is 2. The van der Waals surface area contributed by atoms with Crippen molar-refractivity contribution in [1.82, 2.24) is 0 Å². The predicted molar refractivity (Wildman–Crippen MR) is 75.3 cm³/mol. The van der Waals surface area contributed by atoms with E-state index in [1.54, 1.807) is 24.3 Å². The average molecular weight is 354 g/mol. The van der Waals surface area contributed by atoms with E-state index in [0.717, 1.165) is 0 Å². The molecule has 3 atom stereocenters. The molecule has 1 aliphatic heterocycles. The van der Waals surface area contributed by atoms with E-state index in [9.17, 15) is 9.18 Å². The highest BCUT2D eigenvalue weighted by molar-refractivity contribution is 9.11. The lowest BCUT2D eigenvalue weighted by atomic mass is 10.2. The predicted octanol–water partition coefficient (Wildman–Crippen LogP) is 4.06. The number of thioether (sulfide) groups is 1. The Balaban J connectivity index is 1.84. The molecule has 0 N–H and O–H groups in total. The number of halogens is 3. The number of hydrogen-bond donors (Lipinski definition) is 0. The number of hydrogen-bond acceptors (Lipinski definition) is 3. The van der Waals surface area contributed by atoms with Crippen LogP contribution in [0.5, 0.6) is 0 Å². The van der Waals surface area contributed by atoms with Crippen molar-refractivity contribution in [2.45, 2.75) is 22.0 Å². The van der Waals surface area contributed by atoms with E-state index in [4.69, 9.17) is 16.3 Å². The van der Waals surface area contributed by atoms with Gasteiger partial charge in [-0.1, -0.05) is 27.5 Å². The summed E-state index contributed by atoms with van der Waals surface area (Å²) < 4.78 is 18.2. The Labute approximate surface area is 122 Å². The summed E-state index contributed by atoms with van der Waals surface area (Å²) in [4.78, 5) is 11.7. The molecule has 1 heterocycles. The monoisotopic (exact) mass is 352 g/mol. The van der Waals surface area contributed by atoms with E-state index in [0.29, 0.717) is 17.0 Å². The largest absolute Gasteiger partial charge is 0.461 e. The Kier molecular flexibility index (Phi) is 4.92. The molecule has 1 aliphatic rings. The zero-order valence-corrected chi connectivity index (χ0v) is 12.5. The normalized spacial score (nSPS) is 27.2. The second kappa shape index (κ2) is 6.26. The number of carbonyl (C=O) groups is 1. The van der Waals surface area contributed by atoms with E-state index >= 15 is 0 Å². The smallest absolute Gasteiger partial charge is 0.338 e. The van der Waals surface area contributed by atoms with Crippen LogP contribution in [0.1, 0.15) is 16.8 Å². The van der Waals surface area contributed by atoms with Crippen molar-refractivity contribution >= 4 is 45.3 Å². The highest BCUT2D eigenvalue weighted by Gasteiger charge is 2.34. The van der Waals surface area contributed by atoms with Crippen LogP contribution in [0.25, 0.3) is 0 Å². The van der Waals surface area contributed by atoms with Gasteiger partial charge in [-0.05, 0) is 30.7 Å². The van der Waals surface area contributed by atoms with Crippen molar-refractivity contribution in [3.05, 3.63) is 34.9 Å². The maximum Gasteiger partial charge on any atom is 0.338 e. The molecule has 0 unspecified atom stereocenters. The van der Waals surface area contributed by atoms with E-state index in [1.807, 2.05) is 0 Å². The lowest BCUT2D eigenvalue weighted by Gasteiger charge is -2.09. The maximum atomic E-state index is 13.2. The summed E-state index contributed by atoms with van der Waals surface area (Å²) in [7, 11) is 0. The van der Waals surface area contributed by atoms with Gasteiger partial charge in [0.15, 0.2) is 0 Å². The summed E-state index contributed by atoms with van der Waals surface area (Å²) in [6.45, 7) is 0.231. The van der Waals surface area contributed by atoms with E-state index < -0.39 is 12.1 Å². The van der Waals surface area contributed by atoms with E-state index in [2.05, 4.69) is 15.9 Å². The molecular weight excluding hydrogens is 343 g/mol. The second-order valence-electron chi connectivity index (χ2n) is 3.97. The van der Waals surface area contributed by atoms with Gasteiger partial charge in [-0.3, -0.25) is 0 Å². The molecular formula is C12H11BrClFO2S. The van der Waals surface area contributed by atoms with E-state index in [1.165, 1.54) is 11.8 Å². The molecule has 0 amide bonds. The Bertz CT molecular complexity index is 419. The summed E-state index contributed by atoms with van der Waals surface area (Å²) in [5.41, 5.74) is 0.453. The quantitative estimate of drug-likeness (QED) is 0.605. The van der Waals surface area contributed by atoms with Crippen molar-refractivity contribution in [3.8, 4) is 0 Å². The van der Waals surface area contributed by atoms with Crippen LogP contribution < -0.4 is 0 Å². The number of ether oxygens (including phenoxy) is 1. The first-order valence-electron chi connectivity index (χ1n) is 5.42. The van der Waals surface area contributed by atoms with Crippen LogP contribution in [0, 0.1) is 0 Å². The highest BCUT2D eigenvalue weighted by Crippen LogP contribution is 2.39. The van der Waals surface area contributed by atoms with Gasteiger partial charge in [0.2, 0.25) is 0 Å². The zero-order chi connectivity index (χ0) is 13.1. The Morgan fingerprint density at radius 3 is 2.72 bits per heavy atom. The Morgan fingerprint density at radius 1 is 1.50 bits per heavy atom. The number of benzene rings is 1. The van der Waals surface area contributed by atoms with Crippen LogP contribution in [-0.4, -0.2) is 28.2 Å². The molecule has 1 aromatic rings. The van der Waals surface area contributed by atoms with Gasteiger partial charge < -0.3 is 4.74 Å². The lowest BCUT2D eigenvalue weighted by molar-refractivity contribution is 0.0501. The molecule has 0 radical (unpaired) electrons. The number of carbonyl (C=O) groups excluding carboxylic acids is 1. The zero-order valence-electron chi connectivity index (χ0n) is 9.31. The molecule has 1 fully saturated rings. The summed E-state index contributed by atoms with van der Waals surface area (Å²) in [5, 5.41) is 0.584. The van der Waals surface area contributed by atoms with Crippen molar-refractivity contribution in [1.29, 1.82) is 0 Å². The minimum atomic E-state index is -0.880. The minimum Gasteiger partial charge on any atom is -0.461 e. The van der Waals surface area contributed by atoms with Crippen LogP contribution in [0.2, 0.25) is 5.02 Å². The fourth-order valence-electron chi connectivity index (χ4n) is 1.63. The van der Waals surface area contributed by atoms with Gasteiger partial charge in [0.05, 0.1) is 9.72 Å². The molecule has 0 spiro atoms. The van der Waals surface area contributed by atoms with Gasteiger partial charge in [0.1, 0.15) is 12.8 Å². The standard InChI is InChI=1S/C12H11BrClFO2S/c13-11-10(15)5-9(18-11)6-17-12(16)7-1-3-8(14)4-2-7/h1-4,9-11H,5-6H2/t9-,10-,11-/m0/s1. The van der Waals surface area contributed by atoms with Gasteiger partial charge in [0, 0.05) is 10.3 Å². The van der Waals surface area contributed by atoms with Crippen molar-refractivity contribution in [2.24, 2.45) is 0 Å². The van der Waals surface area contributed by atoms with Crippen LogP contribution in [-0.2, 0) is 4.74 Å². The number of rotatable bonds is 3. The molecule has 2 nitrogen and oxygen atoms in total. The summed E-state index contributed by atoms with van der Waals surface area (Å²) in [6.07, 6.45) is -0.469. The third kappa shape index (κ3) is 3.62. The molecule has 2 rings (SSSR count). The van der Waals surface area contributed by atoms with Crippen LogP contribution in [0.4, 0.5) is 4.39 Å². The number of esters is 1. The fourth-order valence-corrected chi connectivity index (χ4v) is 3.98. The van der Waals surface area contributed by atoms with Gasteiger partial charge in [0.25, 0.3) is 0 Å². The average Bonchev–Trinajstić information content (AvgIpc) is 2.67. The van der Waals surface area contributed by atoms with Crippen LogP contribution in [0.3, 0.4) is 0 Å². The molecule has 6 heteroatoms. The second-order valence-corrected chi connectivity index (χ2v) is 7.44. The molecule has 98 valence electrons. The van der Waals surface area contributed by atoms with Gasteiger partial charge in [-0.2, -0.15) is 0 Å². The minimum absolute atomic E-state index is 0.0145. The molecule has 0 aliphatic carbocycles. The van der Waals surface area contributed by atoms with Crippen molar-refractivity contribution in [2.75, 3.05) is 6.61 Å². The SMILES string of the molecule is O=C(OC[C@@H]1C[C@H](F)[C@@H](Br)S1)c1ccc(Cl)cc1. The van der Waals surface area contributed by atoms with Gasteiger partial charge >= 0.3 is 5.97 Å². The van der Waals surface area contributed by atoms with Gasteiger partial charge in [-0.15, -0.1) is 11.8 Å². The fraction of sp³-hybridized carbons (Fsp3) is 0.417. The van der Waals surface area contributed by atoms with Crippen molar-refractivity contribution in [3.63, 3.8) is 0 Å².